The van der Waals surface area contributed by atoms with Crippen molar-refractivity contribution in [1.29, 1.82) is 0 Å². The Bertz CT molecular complexity index is 350. The largest absolute Gasteiger partial charge is 0.492 e. The molecule has 1 aromatic rings. The van der Waals surface area contributed by atoms with Gasteiger partial charge in [-0.1, -0.05) is 6.07 Å². The van der Waals surface area contributed by atoms with Crippen LogP contribution in [0.1, 0.15) is 12.0 Å². The zero-order chi connectivity index (χ0) is 11.4. The summed E-state index contributed by atoms with van der Waals surface area (Å²) in [4.78, 5) is 2.12. The summed E-state index contributed by atoms with van der Waals surface area (Å²) in [5.74, 6) is 0.968. The number of fused-ring (bicyclic) bond motifs is 1. The highest BCUT2D eigenvalue weighted by atomic mass is 16.5. The molecule has 0 saturated heterocycles. The van der Waals surface area contributed by atoms with E-state index in [9.17, 15) is 0 Å². The number of likely N-dealkylation sites (N-methyl/N-ethyl adjacent to an activating group) is 1. The van der Waals surface area contributed by atoms with Crippen molar-refractivity contribution >= 4 is 5.69 Å². The zero-order valence-corrected chi connectivity index (χ0v) is 10.1. The first-order valence-corrected chi connectivity index (χ1v) is 5.90. The molecular formula is C13H20N2O. The predicted molar refractivity (Wildman–Crippen MR) is 67.3 cm³/mol. The molecule has 0 fully saturated rings. The van der Waals surface area contributed by atoms with Gasteiger partial charge in [-0.25, -0.2) is 0 Å². The molecule has 1 aliphatic rings. The molecule has 16 heavy (non-hydrogen) atoms. The van der Waals surface area contributed by atoms with Crippen LogP contribution in [-0.4, -0.2) is 38.7 Å². The van der Waals surface area contributed by atoms with E-state index < -0.39 is 0 Å². The van der Waals surface area contributed by atoms with Gasteiger partial charge in [-0.15, -0.1) is 0 Å². The number of rotatable bonds is 4. The summed E-state index contributed by atoms with van der Waals surface area (Å²) in [6.45, 7) is 2.77. The summed E-state index contributed by atoms with van der Waals surface area (Å²) < 4.78 is 5.70. The third kappa shape index (κ3) is 2.89. The predicted octanol–water partition coefficient (Wildman–Crippen LogP) is 1.99. The van der Waals surface area contributed by atoms with Gasteiger partial charge in [0, 0.05) is 24.8 Å². The van der Waals surface area contributed by atoms with Crippen LogP contribution in [0.4, 0.5) is 5.69 Å². The maximum absolute atomic E-state index is 5.70. The number of benzene rings is 1. The fourth-order valence-electron chi connectivity index (χ4n) is 1.88. The average molecular weight is 220 g/mol. The summed E-state index contributed by atoms with van der Waals surface area (Å²) in [7, 11) is 4.11. The smallest absolute Gasteiger partial charge is 0.121 e. The number of aryl methyl sites for hydroxylation is 1. The molecule has 3 heteroatoms. The highest BCUT2D eigenvalue weighted by Gasteiger charge is 2.08. The van der Waals surface area contributed by atoms with Crippen LogP contribution in [0.15, 0.2) is 18.2 Å². The maximum atomic E-state index is 5.70. The number of nitrogens with one attached hydrogen (secondary N) is 1. The number of ether oxygens (including phenoxy) is 1. The molecule has 0 saturated carbocycles. The minimum Gasteiger partial charge on any atom is -0.492 e. The van der Waals surface area contributed by atoms with Gasteiger partial charge in [-0.2, -0.15) is 0 Å². The molecule has 2 rings (SSSR count). The van der Waals surface area contributed by atoms with Crippen molar-refractivity contribution in [3.05, 3.63) is 23.8 Å². The quantitative estimate of drug-likeness (QED) is 0.839. The Hall–Kier alpha value is -1.22. The molecule has 0 bridgehead atoms. The minimum absolute atomic E-state index is 0.742. The highest BCUT2D eigenvalue weighted by Crippen LogP contribution is 2.26. The fourth-order valence-corrected chi connectivity index (χ4v) is 1.88. The lowest BCUT2D eigenvalue weighted by Gasteiger charge is -2.19. The van der Waals surface area contributed by atoms with E-state index in [0.717, 1.165) is 25.4 Å². The van der Waals surface area contributed by atoms with Crippen LogP contribution in [0.2, 0.25) is 0 Å². The van der Waals surface area contributed by atoms with Gasteiger partial charge < -0.3 is 15.0 Å². The van der Waals surface area contributed by atoms with Crippen molar-refractivity contribution in [2.45, 2.75) is 12.8 Å². The van der Waals surface area contributed by atoms with Crippen molar-refractivity contribution in [2.75, 3.05) is 39.1 Å². The van der Waals surface area contributed by atoms with E-state index in [1.165, 1.54) is 24.1 Å². The van der Waals surface area contributed by atoms with Crippen LogP contribution < -0.4 is 10.1 Å². The third-order valence-corrected chi connectivity index (χ3v) is 2.83. The van der Waals surface area contributed by atoms with Gasteiger partial charge in [0.25, 0.3) is 0 Å². The van der Waals surface area contributed by atoms with E-state index in [0.29, 0.717) is 0 Å². The van der Waals surface area contributed by atoms with Crippen LogP contribution in [0.3, 0.4) is 0 Å². The van der Waals surface area contributed by atoms with Gasteiger partial charge >= 0.3 is 0 Å². The molecule has 1 aliphatic heterocycles. The zero-order valence-electron chi connectivity index (χ0n) is 10.1. The van der Waals surface area contributed by atoms with Crippen LogP contribution in [0, 0.1) is 0 Å². The van der Waals surface area contributed by atoms with Gasteiger partial charge in [0.2, 0.25) is 0 Å². The molecule has 1 N–H and O–H groups in total. The van der Waals surface area contributed by atoms with E-state index in [1.54, 1.807) is 0 Å². The van der Waals surface area contributed by atoms with Crippen LogP contribution in [0.25, 0.3) is 0 Å². The van der Waals surface area contributed by atoms with E-state index >= 15 is 0 Å². The Morgan fingerprint density at radius 1 is 1.38 bits per heavy atom. The molecule has 0 spiro atoms. The van der Waals surface area contributed by atoms with Crippen molar-refractivity contribution < 1.29 is 4.74 Å². The first-order valence-electron chi connectivity index (χ1n) is 5.90. The minimum atomic E-state index is 0.742. The Morgan fingerprint density at radius 2 is 2.25 bits per heavy atom. The summed E-state index contributed by atoms with van der Waals surface area (Å²) in [5.41, 5.74) is 2.65. The van der Waals surface area contributed by atoms with Gasteiger partial charge in [-0.3, -0.25) is 0 Å². The third-order valence-electron chi connectivity index (χ3n) is 2.83. The molecule has 3 nitrogen and oxygen atoms in total. The first-order chi connectivity index (χ1) is 7.75. The Balaban J connectivity index is 1.95. The average Bonchev–Trinajstić information content (AvgIpc) is 2.28. The van der Waals surface area contributed by atoms with E-state index in [-0.39, 0.29) is 0 Å². The van der Waals surface area contributed by atoms with E-state index in [4.69, 9.17) is 4.74 Å². The van der Waals surface area contributed by atoms with Gasteiger partial charge in [0.15, 0.2) is 0 Å². The summed E-state index contributed by atoms with van der Waals surface area (Å²) in [6.07, 6.45) is 2.41. The van der Waals surface area contributed by atoms with Crippen molar-refractivity contribution in [1.82, 2.24) is 4.90 Å². The van der Waals surface area contributed by atoms with Crippen molar-refractivity contribution in [3.8, 4) is 5.75 Å². The van der Waals surface area contributed by atoms with Crippen LogP contribution in [0.5, 0.6) is 5.75 Å². The second-order valence-corrected chi connectivity index (χ2v) is 4.50. The second-order valence-electron chi connectivity index (χ2n) is 4.50. The molecule has 1 heterocycles. The van der Waals surface area contributed by atoms with E-state index in [2.05, 4.69) is 42.5 Å². The van der Waals surface area contributed by atoms with Gasteiger partial charge in [0.05, 0.1) is 0 Å². The monoisotopic (exact) mass is 220 g/mol. The Kier molecular flexibility index (Phi) is 3.67. The molecule has 0 atom stereocenters. The SMILES string of the molecule is CN(C)CCOc1ccc2c(c1)NCCC2. The lowest BCUT2D eigenvalue weighted by molar-refractivity contribution is 0.261. The molecule has 1 aromatic carbocycles. The molecule has 0 aliphatic carbocycles. The highest BCUT2D eigenvalue weighted by molar-refractivity contribution is 5.56. The fraction of sp³-hybridized carbons (Fsp3) is 0.538. The first kappa shape index (κ1) is 11.3. The lowest BCUT2D eigenvalue weighted by Crippen LogP contribution is -2.19. The Morgan fingerprint density at radius 3 is 3.06 bits per heavy atom. The van der Waals surface area contributed by atoms with Crippen LogP contribution in [-0.2, 0) is 6.42 Å². The lowest BCUT2D eigenvalue weighted by atomic mass is 10.0. The summed E-state index contributed by atoms with van der Waals surface area (Å²) in [5, 5.41) is 3.41. The van der Waals surface area contributed by atoms with E-state index in [1.807, 2.05) is 0 Å². The molecule has 0 radical (unpaired) electrons. The number of anilines is 1. The maximum Gasteiger partial charge on any atom is 0.121 e. The molecule has 88 valence electrons. The molecular weight excluding hydrogens is 200 g/mol. The topological polar surface area (TPSA) is 24.5 Å². The second kappa shape index (κ2) is 5.21. The standard InChI is InChI=1S/C13H20N2O/c1-15(2)8-9-16-12-6-5-11-4-3-7-14-13(11)10-12/h5-6,10,14H,3-4,7-9H2,1-2H3. The van der Waals surface area contributed by atoms with Crippen molar-refractivity contribution in [3.63, 3.8) is 0 Å². The number of nitrogens with zero attached hydrogens (tertiary/aromatic N) is 1. The number of hydrogen-bond donors (Lipinski definition) is 1. The summed E-state index contributed by atoms with van der Waals surface area (Å²) >= 11 is 0. The normalized spacial score (nSPS) is 14.4. The van der Waals surface area contributed by atoms with Crippen molar-refractivity contribution in [2.24, 2.45) is 0 Å². The molecule has 0 aromatic heterocycles. The number of hydrogen-bond acceptors (Lipinski definition) is 3. The molecule has 0 amide bonds. The van der Waals surface area contributed by atoms with Gasteiger partial charge in [0.1, 0.15) is 12.4 Å². The molecule has 0 unspecified atom stereocenters. The van der Waals surface area contributed by atoms with Crippen LogP contribution >= 0.6 is 0 Å². The van der Waals surface area contributed by atoms with Gasteiger partial charge in [-0.05, 0) is 38.6 Å². The Labute approximate surface area is 97.4 Å². The summed E-state index contributed by atoms with van der Waals surface area (Å²) in [6, 6.07) is 6.36.